The molecule has 0 N–H and O–H groups in total. The van der Waals surface area contributed by atoms with Crippen LogP contribution in [-0.2, 0) is 0 Å². The van der Waals surface area contributed by atoms with Crippen molar-refractivity contribution in [1.29, 1.82) is 0 Å². The van der Waals surface area contributed by atoms with E-state index in [1.54, 1.807) is 0 Å². The highest BCUT2D eigenvalue weighted by atomic mass is 16.3. The highest BCUT2D eigenvalue weighted by Crippen LogP contribution is 2.46. The van der Waals surface area contributed by atoms with Crippen LogP contribution in [0.25, 0.3) is 120 Å². The van der Waals surface area contributed by atoms with E-state index in [4.69, 9.17) is 4.42 Å². The molecule has 244 valence electrons. The fraction of sp³-hybridized carbons (Fsp3) is 0. The van der Waals surface area contributed by atoms with Crippen LogP contribution in [0.3, 0.4) is 0 Å². The van der Waals surface area contributed by atoms with E-state index in [0.29, 0.717) is 0 Å². The molecule has 0 fully saturated rings. The van der Waals surface area contributed by atoms with Crippen molar-refractivity contribution in [3.63, 3.8) is 0 Å². The van der Waals surface area contributed by atoms with Gasteiger partial charge in [-0.1, -0.05) is 152 Å². The van der Waals surface area contributed by atoms with Crippen LogP contribution in [0.2, 0.25) is 0 Å². The number of benzene rings is 11. The molecule has 0 atom stereocenters. The van der Waals surface area contributed by atoms with Gasteiger partial charge in [0.05, 0.1) is 0 Å². The quantitative estimate of drug-likeness (QED) is 0.167. The van der Waals surface area contributed by atoms with E-state index in [0.717, 1.165) is 27.5 Å². The summed E-state index contributed by atoms with van der Waals surface area (Å²) in [6.07, 6.45) is 0. The second-order valence-corrected chi connectivity index (χ2v) is 14.4. The third-order valence-corrected chi connectivity index (χ3v) is 11.6. The van der Waals surface area contributed by atoms with Crippen molar-refractivity contribution < 1.29 is 4.42 Å². The van der Waals surface area contributed by atoms with Crippen LogP contribution in [0, 0.1) is 0 Å². The van der Waals surface area contributed by atoms with Crippen molar-refractivity contribution in [3.05, 3.63) is 182 Å². The van der Waals surface area contributed by atoms with E-state index in [-0.39, 0.29) is 0 Å². The van der Waals surface area contributed by atoms with Gasteiger partial charge >= 0.3 is 0 Å². The van der Waals surface area contributed by atoms with Gasteiger partial charge in [-0.15, -0.1) is 0 Å². The van der Waals surface area contributed by atoms with Crippen LogP contribution in [0.15, 0.2) is 186 Å². The zero-order valence-corrected chi connectivity index (χ0v) is 28.7. The Kier molecular flexibility index (Phi) is 5.84. The SMILES string of the molecule is c1ccc2cc3c(cc2c1)oc1cc(-c2ccc(-c4ccc5c(c4)c4ccccc4c4c6ccccc6c6ccccc6c54)c4ccccc24)ccc13. The van der Waals surface area contributed by atoms with Crippen LogP contribution in [0.1, 0.15) is 0 Å². The van der Waals surface area contributed by atoms with Crippen LogP contribution < -0.4 is 0 Å². The van der Waals surface area contributed by atoms with Crippen LogP contribution >= 0.6 is 0 Å². The molecule has 1 heterocycles. The van der Waals surface area contributed by atoms with Crippen LogP contribution in [0.5, 0.6) is 0 Å². The molecule has 53 heavy (non-hydrogen) atoms. The predicted molar refractivity (Wildman–Crippen MR) is 227 cm³/mol. The topological polar surface area (TPSA) is 13.1 Å². The first kappa shape index (κ1) is 28.7. The molecule has 0 bridgehead atoms. The number of rotatable bonds is 2. The third kappa shape index (κ3) is 4.08. The summed E-state index contributed by atoms with van der Waals surface area (Å²) < 4.78 is 6.48. The maximum atomic E-state index is 6.48. The summed E-state index contributed by atoms with van der Waals surface area (Å²) >= 11 is 0. The van der Waals surface area contributed by atoms with E-state index >= 15 is 0 Å². The monoisotopic (exact) mass is 670 g/mol. The van der Waals surface area contributed by atoms with E-state index in [1.165, 1.54) is 92.1 Å². The molecule has 0 spiro atoms. The molecular formula is C52H30O. The molecule has 12 rings (SSSR count). The van der Waals surface area contributed by atoms with Crippen LogP contribution in [0.4, 0.5) is 0 Å². The van der Waals surface area contributed by atoms with E-state index in [1.807, 2.05) is 0 Å². The normalized spacial score (nSPS) is 12.2. The van der Waals surface area contributed by atoms with Crippen molar-refractivity contribution in [1.82, 2.24) is 0 Å². The zero-order valence-electron chi connectivity index (χ0n) is 28.7. The van der Waals surface area contributed by atoms with Crippen molar-refractivity contribution >= 4 is 97.3 Å². The van der Waals surface area contributed by atoms with Gasteiger partial charge in [0.15, 0.2) is 0 Å². The average Bonchev–Trinajstić information content (AvgIpc) is 3.58. The molecule has 1 heteroatoms. The van der Waals surface area contributed by atoms with Crippen LogP contribution in [-0.4, -0.2) is 0 Å². The van der Waals surface area contributed by atoms with Gasteiger partial charge in [-0.05, 0) is 128 Å². The molecule has 0 radical (unpaired) electrons. The lowest BCUT2D eigenvalue weighted by Crippen LogP contribution is -1.90. The Morgan fingerprint density at radius 3 is 1.25 bits per heavy atom. The second-order valence-electron chi connectivity index (χ2n) is 14.4. The molecule has 0 aliphatic carbocycles. The van der Waals surface area contributed by atoms with Crippen molar-refractivity contribution in [2.24, 2.45) is 0 Å². The first-order valence-corrected chi connectivity index (χ1v) is 18.3. The summed E-state index contributed by atoms with van der Waals surface area (Å²) in [5.74, 6) is 0. The minimum atomic E-state index is 0.912. The molecule has 1 aromatic heterocycles. The number of fused-ring (bicyclic) bond motifs is 16. The Balaban J connectivity index is 1.08. The lowest BCUT2D eigenvalue weighted by atomic mass is 9.86. The highest BCUT2D eigenvalue weighted by molar-refractivity contribution is 6.39. The minimum absolute atomic E-state index is 0.912. The molecule has 0 saturated heterocycles. The predicted octanol–water partition coefficient (Wildman–Crippen LogP) is 15.0. The van der Waals surface area contributed by atoms with E-state index < -0.39 is 0 Å². The Morgan fingerprint density at radius 2 is 0.660 bits per heavy atom. The molecule has 1 nitrogen and oxygen atoms in total. The summed E-state index contributed by atoms with van der Waals surface area (Å²) in [6.45, 7) is 0. The summed E-state index contributed by atoms with van der Waals surface area (Å²) in [5, 5.41) is 20.2. The van der Waals surface area contributed by atoms with Gasteiger partial charge in [0.1, 0.15) is 11.2 Å². The Hall–Kier alpha value is -6.96. The molecular weight excluding hydrogens is 641 g/mol. The molecule has 0 aliphatic heterocycles. The molecule has 0 amide bonds. The fourth-order valence-electron chi connectivity index (χ4n) is 9.22. The largest absolute Gasteiger partial charge is 0.456 e. The van der Waals surface area contributed by atoms with Crippen molar-refractivity contribution in [2.45, 2.75) is 0 Å². The molecule has 11 aromatic carbocycles. The number of hydrogen-bond donors (Lipinski definition) is 0. The lowest BCUT2D eigenvalue weighted by molar-refractivity contribution is 0.669. The fourth-order valence-corrected chi connectivity index (χ4v) is 9.22. The summed E-state index contributed by atoms with van der Waals surface area (Å²) in [5.41, 5.74) is 6.64. The maximum Gasteiger partial charge on any atom is 0.136 e. The first-order valence-electron chi connectivity index (χ1n) is 18.3. The van der Waals surface area contributed by atoms with Crippen molar-refractivity contribution in [3.8, 4) is 22.3 Å². The molecule has 0 unspecified atom stereocenters. The van der Waals surface area contributed by atoms with E-state index in [2.05, 4.69) is 182 Å². The van der Waals surface area contributed by atoms with E-state index in [9.17, 15) is 0 Å². The Morgan fingerprint density at radius 1 is 0.245 bits per heavy atom. The Bertz CT molecular complexity index is 3510. The standard InChI is InChI=1S/C52H30O/c1-2-12-32-29-50-48(27-31(32)11-1)42-23-21-34(30-49(42)53-50)36-26-25-35(37-13-3-4-14-38(36)37)33-22-24-46-47(28-33)41-17-7-10-20-45(41)51-43-18-8-5-15-39(43)40-16-6-9-19-44(40)52(46)51/h1-30H. The smallest absolute Gasteiger partial charge is 0.136 e. The number of furan rings is 1. The average molecular weight is 671 g/mol. The van der Waals surface area contributed by atoms with Gasteiger partial charge in [-0.25, -0.2) is 0 Å². The molecule has 12 aromatic rings. The third-order valence-electron chi connectivity index (χ3n) is 11.6. The van der Waals surface area contributed by atoms with Gasteiger partial charge in [0.25, 0.3) is 0 Å². The molecule has 0 aliphatic rings. The maximum absolute atomic E-state index is 6.48. The first-order chi connectivity index (χ1) is 26.3. The minimum Gasteiger partial charge on any atom is -0.456 e. The zero-order chi connectivity index (χ0) is 34.6. The molecule has 0 saturated carbocycles. The summed E-state index contributed by atoms with van der Waals surface area (Å²) in [4.78, 5) is 0. The van der Waals surface area contributed by atoms with Gasteiger partial charge in [0, 0.05) is 10.8 Å². The van der Waals surface area contributed by atoms with Gasteiger partial charge < -0.3 is 4.42 Å². The second kappa shape index (κ2) is 10.8. The van der Waals surface area contributed by atoms with Gasteiger partial charge in [-0.3, -0.25) is 0 Å². The highest BCUT2D eigenvalue weighted by Gasteiger charge is 2.18. The number of hydrogen-bond acceptors (Lipinski definition) is 1. The van der Waals surface area contributed by atoms with Gasteiger partial charge in [0.2, 0.25) is 0 Å². The lowest BCUT2D eigenvalue weighted by Gasteiger charge is -2.17. The Labute approximate surface area is 304 Å². The summed E-state index contributed by atoms with van der Waals surface area (Å²) in [7, 11) is 0. The summed E-state index contributed by atoms with van der Waals surface area (Å²) in [6, 6.07) is 66.8. The van der Waals surface area contributed by atoms with Gasteiger partial charge in [-0.2, -0.15) is 0 Å². The van der Waals surface area contributed by atoms with Crippen molar-refractivity contribution in [2.75, 3.05) is 0 Å².